The van der Waals surface area contributed by atoms with Gasteiger partial charge in [-0.15, -0.1) is 0 Å². The largest absolute Gasteiger partial charge is 0.340 e. The van der Waals surface area contributed by atoms with Crippen LogP contribution >= 0.6 is 0 Å². The molecule has 0 aromatic carbocycles. The van der Waals surface area contributed by atoms with Crippen molar-refractivity contribution in [2.24, 2.45) is 11.3 Å². The molecule has 2 heterocycles. The van der Waals surface area contributed by atoms with Crippen molar-refractivity contribution in [2.75, 3.05) is 26.2 Å². The number of piperidine rings is 1. The normalized spacial score (nSPS) is 22.6. The quantitative estimate of drug-likeness (QED) is 0.675. The zero-order valence-corrected chi connectivity index (χ0v) is 12.7. The van der Waals surface area contributed by atoms with Crippen LogP contribution < -0.4 is 0 Å². The van der Waals surface area contributed by atoms with E-state index in [4.69, 9.17) is 0 Å². The van der Waals surface area contributed by atoms with E-state index in [2.05, 4.69) is 37.5 Å². The Bertz CT molecular complexity index is 385. The Balaban J connectivity index is 1.74. The van der Waals surface area contributed by atoms with Gasteiger partial charge in [0.15, 0.2) is 0 Å². The highest BCUT2D eigenvalue weighted by molar-refractivity contribution is 5.74. The van der Waals surface area contributed by atoms with Crippen molar-refractivity contribution in [1.82, 2.24) is 9.80 Å². The van der Waals surface area contributed by atoms with Gasteiger partial charge in [0.05, 0.1) is 0 Å². The fraction of sp³-hybridized carbons (Fsp3) is 0.812. The van der Waals surface area contributed by atoms with Gasteiger partial charge in [-0.25, -0.2) is 0 Å². The smallest absolute Gasteiger partial charge is 0.219 e. The molecule has 0 saturated carbocycles. The summed E-state index contributed by atoms with van der Waals surface area (Å²) in [6, 6.07) is 0.598. The van der Waals surface area contributed by atoms with Gasteiger partial charge in [0.2, 0.25) is 5.91 Å². The van der Waals surface area contributed by atoms with Crippen LogP contribution in [0.3, 0.4) is 0 Å². The summed E-state index contributed by atoms with van der Waals surface area (Å²) in [5.41, 5.74) is 0.118. The molecular formula is C16H26N2O. The number of hydrogen-bond donors (Lipinski definition) is 0. The first kappa shape index (κ1) is 14.4. The van der Waals surface area contributed by atoms with Crippen LogP contribution in [-0.4, -0.2) is 47.9 Å². The van der Waals surface area contributed by atoms with E-state index in [0.29, 0.717) is 12.0 Å². The SMILES string of the molecule is CC(=O)N1CC(N2CCC(C#CC(C)(C)C)CC2)C1. The van der Waals surface area contributed by atoms with Gasteiger partial charge in [0.1, 0.15) is 0 Å². The maximum absolute atomic E-state index is 11.2. The van der Waals surface area contributed by atoms with Crippen LogP contribution in [0.4, 0.5) is 0 Å². The van der Waals surface area contributed by atoms with E-state index in [1.54, 1.807) is 6.92 Å². The van der Waals surface area contributed by atoms with Crippen LogP contribution in [0.2, 0.25) is 0 Å². The zero-order chi connectivity index (χ0) is 14.0. The van der Waals surface area contributed by atoms with Crippen molar-refractivity contribution in [1.29, 1.82) is 0 Å². The molecule has 0 aliphatic carbocycles. The van der Waals surface area contributed by atoms with Crippen molar-refractivity contribution in [3.05, 3.63) is 0 Å². The molecule has 2 aliphatic rings. The minimum absolute atomic E-state index is 0.118. The summed E-state index contributed by atoms with van der Waals surface area (Å²) < 4.78 is 0. The van der Waals surface area contributed by atoms with E-state index in [0.717, 1.165) is 26.2 Å². The van der Waals surface area contributed by atoms with Gasteiger partial charge in [-0.1, -0.05) is 11.8 Å². The van der Waals surface area contributed by atoms with Crippen molar-refractivity contribution in [2.45, 2.75) is 46.6 Å². The fourth-order valence-corrected chi connectivity index (χ4v) is 2.67. The van der Waals surface area contributed by atoms with Gasteiger partial charge >= 0.3 is 0 Å². The lowest BCUT2D eigenvalue weighted by Crippen LogP contribution is -2.61. The molecule has 2 saturated heterocycles. The predicted octanol–water partition coefficient (Wildman–Crippen LogP) is 1.98. The number of amides is 1. The Morgan fingerprint density at radius 1 is 1.16 bits per heavy atom. The van der Waals surface area contributed by atoms with E-state index < -0.39 is 0 Å². The highest BCUT2D eigenvalue weighted by Crippen LogP contribution is 2.23. The molecule has 0 unspecified atom stereocenters. The number of carbonyl (C=O) groups is 1. The second kappa shape index (κ2) is 5.54. The Hall–Kier alpha value is -1.01. The Labute approximate surface area is 117 Å². The van der Waals surface area contributed by atoms with E-state index in [1.807, 2.05) is 4.90 Å². The van der Waals surface area contributed by atoms with E-state index in [9.17, 15) is 4.79 Å². The van der Waals surface area contributed by atoms with Crippen LogP contribution in [0.25, 0.3) is 0 Å². The number of likely N-dealkylation sites (tertiary alicyclic amines) is 2. The maximum atomic E-state index is 11.2. The molecule has 2 fully saturated rings. The van der Waals surface area contributed by atoms with Crippen LogP contribution in [-0.2, 0) is 4.79 Å². The minimum Gasteiger partial charge on any atom is -0.340 e. The van der Waals surface area contributed by atoms with Gasteiger partial charge in [0.25, 0.3) is 0 Å². The summed E-state index contributed by atoms with van der Waals surface area (Å²) in [5, 5.41) is 0. The third kappa shape index (κ3) is 3.98. The van der Waals surface area contributed by atoms with Gasteiger partial charge in [-0.05, 0) is 46.7 Å². The van der Waals surface area contributed by atoms with Gasteiger partial charge in [0, 0.05) is 37.4 Å². The molecule has 0 aromatic heterocycles. The molecule has 106 valence electrons. The lowest BCUT2D eigenvalue weighted by atomic mass is 9.91. The first-order valence-corrected chi connectivity index (χ1v) is 7.37. The monoisotopic (exact) mass is 262 g/mol. The Morgan fingerprint density at radius 2 is 1.74 bits per heavy atom. The number of rotatable bonds is 1. The molecule has 0 radical (unpaired) electrons. The standard InChI is InChI=1S/C16H26N2O/c1-13(19)18-11-15(12-18)17-9-6-14(7-10-17)5-8-16(2,3)4/h14-15H,6-7,9-12H2,1-4H3. The zero-order valence-electron chi connectivity index (χ0n) is 12.7. The lowest BCUT2D eigenvalue weighted by molar-refractivity contribution is -0.136. The molecule has 0 N–H and O–H groups in total. The van der Waals surface area contributed by atoms with E-state index in [-0.39, 0.29) is 11.3 Å². The topological polar surface area (TPSA) is 23.6 Å². The fourth-order valence-electron chi connectivity index (χ4n) is 2.67. The van der Waals surface area contributed by atoms with Crippen molar-refractivity contribution >= 4 is 5.91 Å². The van der Waals surface area contributed by atoms with Crippen molar-refractivity contribution in [3.63, 3.8) is 0 Å². The van der Waals surface area contributed by atoms with E-state index >= 15 is 0 Å². The summed E-state index contributed by atoms with van der Waals surface area (Å²) >= 11 is 0. The van der Waals surface area contributed by atoms with Gasteiger partial charge in [-0.3, -0.25) is 9.69 Å². The summed E-state index contributed by atoms with van der Waals surface area (Å²) in [7, 11) is 0. The number of hydrogen-bond acceptors (Lipinski definition) is 2. The lowest BCUT2D eigenvalue weighted by Gasteiger charge is -2.47. The molecule has 0 atom stereocenters. The molecule has 0 bridgehead atoms. The second-order valence-corrected chi connectivity index (χ2v) is 6.91. The highest BCUT2D eigenvalue weighted by Gasteiger charge is 2.34. The molecular weight excluding hydrogens is 236 g/mol. The van der Waals surface area contributed by atoms with Crippen LogP contribution in [0.15, 0.2) is 0 Å². The summed E-state index contributed by atoms with van der Waals surface area (Å²) in [4.78, 5) is 15.6. The highest BCUT2D eigenvalue weighted by atomic mass is 16.2. The van der Waals surface area contributed by atoms with Crippen LogP contribution in [0.5, 0.6) is 0 Å². The molecule has 19 heavy (non-hydrogen) atoms. The molecule has 3 nitrogen and oxygen atoms in total. The Morgan fingerprint density at radius 3 is 2.21 bits per heavy atom. The van der Waals surface area contributed by atoms with Crippen molar-refractivity contribution < 1.29 is 4.79 Å². The molecule has 3 heteroatoms. The third-order valence-corrected chi connectivity index (χ3v) is 4.00. The average molecular weight is 262 g/mol. The summed E-state index contributed by atoms with van der Waals surface area (Å²) in [6.45, 7) is 12.3. The van der Waals surface area contributed by atoms with Gasteiger partial charge in [-0.2, -0.15) is 0 Å². The first-order chi connectivity index (χ1) is 8.85. The second-order valence-electron chi connectivity index (χ2n) is 6.91. The van der Waals surface area contributed by atoms with Gasteiger partial charge < -0.3 is 4.90 Å². The van der Waals surface area contributed by atoms with Crippen LogP contribution in [0.1, 0.15) is 40.5 Å². The molecule has 0 spiro atoms. The third-order valence-electron chi connectivity index (χ3n) is 4.00. The molecule has 2 aliphatic heterocycles. The maximum Gasteiger partial charge on any atom is 0.219 e. The summed E-state index contributed by atoms with van der Waals surface area (Å²) in [5.74, 6) is 7.59. The summed E-state index contributed by atoms with van der Waals surface area (Å²) in [6.07, 6.45) is 2.36. The van der Waals surface area contributed by atoms with E-state index in [1.165, 1.54) is 12.8 Å². The number of carbonyl (C=O) groups excluding carboxylic acids is 1. The van der Waals surface area contributed by atoms with Crippen LogP contribution in [0, 0.1) is 23.2 Å². The average Bonchev–Trinajstić information content (AvgIpc) is 2.24. The number of nitrogens with zero attached hydrogens (tertiary/aromatic N) is 2. The first-order valence-electron chi connectivity index (χ1n) is 7.37. The molecule has 2 rings (SSSR count). The minimum atomic E-state index is 0.118. The molecule has 1 amide bonds. The molecule has 0 aromatic rings. The van der Waals surface area contributed by atoms with Crippen molar-refractivity contribution in [3.8, 4) is 11.8 Å². The Kier molecular flexibility index (Phi) is 4.20. The predicted molar refractivity (Wildman–Crippen MR) is 77.6 cm³/mol.